The molecule has 0 aromatic carbocycles. The first-order valence-corrected chi connectivity index (χ1v) is 12.8. The van der Waals surface area contributed by atoms with Gasteiger partial charge in [0.2, 0.25) is 5.91 Å². The van der Waals surface area contributed by atoms with Crippen molar-refractivity contribution in [2.45, 2.75) is 63.8 Å². The summed E-state index contributed by atoms with van der Waals surface area (Å²) in [5.41, 5.74) is 3.77. The van der Waals surface area contributed by atoms with Crippen LogP contribution in [0.4, 0.5) is 0 Å². The number of aromatic nitrogens is 6. The molecule has 172 valence electrons. The number of sulfone groups is 1. The van der Waals surface area contributed by atoms with Crippen LogP contribution >= 0.6 is 0 Å². The predicted molar refractivity (Wildman–Crippen MR) is 118 cm³/mol. The molecular weight excluding hydrogens is 430 g/mol. The van der Waals surface area contributed by atoms with Gasteiger partial charge >= 0.3 is 0 Å². The number of likely N-dealkylation sites (tertiary alicyclic amines) is 1. The van der Waals surface area contributed by atoms with E-state index in [0.29, 0.717) is 37.4 Å². The minimum atomic E-state index is -3.51. The lowest BCUT2D eigenvalue weighted by Crippen LogP contribution is -2.40. The fourth-order valence-corrected chi connectivity index (χ4v) is 5.54. The number of hydrogen-bond donors (Lipinski definition) is 0. The first-order chi connectivity index (χ1) is 15.2. The molecule has 0 spiro atoms. The molecule has 1 aliphatic heterocycles. The van der Waals surface area contributed by atoms with Crippen LogP contribution in [0, 0.1) is 13.8 Å². The van der Waals surface area contributed by atoms with Crippen LogP contribution < -0.4 is 0 Å². The second kappa shape index (κ2) is 8.61. The molecule has 0 bridgehead atoms. The van der Waals surface area contributed by atoms with Crippen molar-refractivity contribution in [1.29, 1.82) is 0 Å². The van der Waals surface area contributed by atoms with E-state index in [4.69, 9.17) is 0 Å². The SMILES string of the molecule is CCn1nc(C)c(CCC(=O)N2CCC[C@H](c3c(S(C)(=O)=O)cnc4ncnn34)C2)c1C. The third-order valence-electron chi connectivity index (χ3n) is 6.29. The van der Waals surface area contributed by atoms with Crippen molar-refractivity contribution in [3.8, 4) is 0 Å². The zero-order valence-electron chi connectivity index (χ0n) is 18.9. The van der Waals surface area contributed by atoms with Gasteiger partial charge < -0.3 is 4.90 Å². The molecule has 3 aromatic rings. The molecule has 1 atom stereocenters. The Balaban J connectivity index is 1.55. The molecule has 32 heavy (non-hydrogen) atoms. The van der Waals surface area contributed by atoms with Gasteiger partial charge in [-0.05, 0) is 45.6 Å². The number of hydrogen-bond acceptors (Lipinski definition) is 7. The summed E-state index contributed by atoms with van der Waals surface area (Å²) in [6.45, 7) is 8.00. The second-order valence-electron chi connectivity index (χ2n) is 8.40. The molecular formula is C21H29N7O3S. The third kappa shape index (κ3) is 4.13. The van der Waals surface area contributed by atoms with Crippen LogP contribution in [0.3, 0.4) is 0 Å². The van der Waals surface area contributed by atoms with E-state index in [1.807, 2.05) is 23.4 Å². The average Bonchev–Trinajstić information content (AvgIpc) is 3.34. The molecule has 0 radical (unpaired) electrons. The van der Waals surface area contributed by atoms with Crippen molar-refractivity contribution in [2.24, 2.45) is 0 Å². The van der Waals surface area contributed by atoms with E-state index in [-0.39, 0.29) is 16.7 Å². The largest absolute Gasteiger partial charge is 0.342 e. The second-order valence-corrected chi connectivity index (χ2v) is 10.4. The maximum Gasteiger partial charge on any atom is 0.252 e. The number of amides is 1. The minimum absolute atomic E-state index is 0.0718. The van der Waals surface area contributed by atoms with Crippen LogP contribution in [-0.4, -0.2) is 67.9 Å². The lowest BCUT2D eigenvalue weighted by molar-refractivity contribution is -0.132. The Kier molecular flexibility index (Phi) is 6.02. The van der Waals surface area contributed by atoms with Crippen LogP contribution in [-0.2, 0) is 27.6 Å². The van der Waals surface area contributed by atoms with Gasteiger partial charge in [0.1, 0.15) is 11.2 Å². The Hall–Kier alpha value is -2.82. The van der Waals surface area contributed by atoms with Gasteiger partial charge in [0.25, 0.3) is 5.78 Å². The molecule has 10 nitrogen and oxygen atoms in total. The summed E-state index contributed by atoms with van der Waals surface area (Å²) >= 11 is 0. The molecule has 1 aliphatic rings. The van der Waals surface area contributed by atoms with Crippen molar-refractivity contribution in [3.63, 3.8) is 0 Å². The molecule has 4 heterocycles. The monoisotopic (exact) mass is 459 g/mol. The number of carbonyl (C=O) groups excluding carboxylic acids is 1. The lowest BCUT2D eigenvalue weighted by atomic mass is 9.94. The smallest absolute Gasteiger partial charge is 0.252 e. The molecule has 4 rings (SSSR count). The van der Waals surface area contributed by atoms with E-state index in [9.17, 15) is 13.2 Å². The van der Waals surface area contributed by atoms with Gasteiger partial charge in [0, 0.05) is 43.9 Å². The van der Waals surface area contributed by atoms with Crippen LogP contribution in [0.15, 0.2) is 17.4 Å². The molecule has 0 N–H and O–H groups in total. The Bertz CT molecular complexity index is 1260. The van der Waals surface area contributed by atoms with Crippen molar-refractivity contribution >= 4 is 21.5 Å². The lowest BCUT2D eigenvalue weighted by Gasteiger charge is -2.33. The molecule has 3 aromatic heterocycles. The van der Waals surface area contributed by atoms with E-state index < -0.39 is 9.84 Å². The molecule has 0 saturated carbocycles. The fourth-order valence-electron chi connectivity index (χ4n) is 4.66. The van der Waals surface area contributed by atoms with Gasteiger partial charge in [-0.1, -0.05) is 0 Å². The van der Waals surface area contributed by atoms with Crippen molar-refractivity contribution in [1.82, 2.24) is 34.3 Å². The maximum atomic E-state index is 13.1. The Morgan fingerprint density at radius 2 is 2.03 bits per heavy atom. The van der Waals surface area contributed by atoms with Gasteiger partial charge in [-0.25, -0.2) is 13.4 Å². The standard InChI is InChI=1S/C21H29N7O3S/c1-5-27-15(3)17(14(2)25-27)8-9-19(29)26-10-6-7-16(12-26)20-18(32(4,30)31)11-22-21-23-13-24-28(20)21/h11,13,16H,5-10,12H2,1-4H3/t16-/m0/s1. The number of aryl methyl sites for hydroxylation is 2. The van der Waals surface area contributed by atoms with Crippen molar-refractivity contribution < 1.29 is 13.2 Å². The summed E-state index contributed by atoms with van der Waals surface area (Å²) in [7, 11) is -3.51. The zero-order valence-corrected chi connectivity index (χ0v) is 19.8. The Morgan fingerprint density at radius 3 is 2.72 bits per heavy atom. The summed E-state index contributed by atoms with van der Waals surface area (Å²) in [5, 5.41) is 8.75. The first kappa shape index (κ1) is 22.4. The van der Waals surface area contributed by atoms with Crippen molar-refractivity contribution in [3.05, 3.63) is 35.2 Å². The molecule has 11 heteroatoms. The quantitative estimate of drug-likeness (QED) is 0.551. The van der Waals surface area contributed by atoms with E-state index in [1.165, 1.54) is 23.3 Å². The van der Waals surface area contributed by atoms with Gasteiger partial charge in [-0.3, -0.25) is 9.48 Å². The van der Waals surface area contributed by atoms with Gasteiger partial charge in [0.05, 0.1) is 17.6 Å². The number of fused-ring (bicyclic) bond motifs is 1. The topological polar surface area (TPSA) is 115 Å². The highest BCUT2D eigenvalue weighted by molar-refractivity contribution is 7.90. The number of rotatable bonds is 6. The van der Waals surface area contributed by atoms with Crippen LogP contribution in [0.2, 0.25) is 0 Å². The van der Waals surface area contributed by atoms with E-state index in [2.05, 4.69) is 27.1 Å². The number of piperidine rings is 1. The highest BCUT2D eigenvalue weighted by Gasteiger charge is 2.31. The maximum absolute atomic E-state index is 13.1. The highest BCUT2D eigenvalue weighted by Crippen LogP contribution is 2.31. The highest BCUT2D eigenvalue weighted by atomic mass is 32.2. The molecule has 1 saturated heterocycles. The summed E-state index contributed by atoms with van der Waals surface area (Å²) in [6.07, 6.45) is 6.50. The van der Waals surface area contributed by atoms with Gasteiger partial charge in [-0.2, -0.15) is 19.7 Å². The van der Waals surface area contributed by atoms with Crippen LogP contribution in [0.1, 0.15) is 54.7 Å². The zero-order chi connectivity index (χ0) is 23.0. The number of carbonyl (C=O) groups is 1. The summed E-state index contributed by atoms with van der Waals surface area (Å²) in [4.78, 5) is 23.3. The van der Waals surface area contributed by atoms with Crippen LogP contribution in [0.5, 0.6) is 0 Å². The van der Waals surface area contributed by atoms with Crippen LogP contribution in [0.25, 0.3) is 5.78 Å². The van der Waals surface area contributed by atoms with E-state index in [1.54, 1.807) is 0 Å². The molecule has 1 fully saturated rings. The van der Waals surface area contributed by atoms with Gasteiger partial charge in [-0.15, -0.1) is 0 Å². The van der Waals surface area contributed by atoms with E-state index >= 15 is 0 Å². The summed E-state index contributed by atoms with van der Waals surface area (Å²) < 4.78 is 28.3. The van der Waals surface area contributed by atoms with E-state index in [0.717, 1.165) is 36.3 Å². The first-order valence-electron chi connectivity index (χ1n) is 10.9. The fraction of sp³-hybridized carbons (Fsp3) is 0.571. The molecule has 0 unspecified atom stereocenters. The van der Waals surface area contributed by atoms with Crippen molar-refractivity contribution in [2.75, 3.05) is 19.3 Å². The number of nitrogens with zero attached hydrogens (tertiary/aromatic N) is 7. The average molecular weight is 460 g/mol. The van der Waals surface area contributed by atoms with Gasteiger partial charge in [0.15, 0.2) is 9.84 Å². The summed E-state index contributed by atoms with van der Waals surface area (Å²) in [5.74, 6) is 0.271. The Labute approximate surface area is 187 Å². The normalized spacial score (nSPS) is 17.2. The molecule has 1 amide bonds. The molecule has 0 aliphatic carbocycles. The predicted octanol–water partition coefficient (Wildman–Crippen LogP) is 1.70. The summed E-state index contributed by atoms with van der Waals surface area (Å²) in [6, 6.07) is 0. The Morgan fingerprint density at radius 1 is 1.25 bits per heavy atom. The minimum Gasteiger partial charge on any atom is -0.342 e. The third-order valence-corrected chi connectivity index (χ3v) is 7.40.